The second-order valence-corrected chi connectivity index (χ2v) is 6.02. The van der Waals surface area contributed by atoms with Crippen molar-refractivity contribution in [1.29, 1.82) is 0 Å². The summed E-state index contributed by atoms with van der Waals surface area (Å²) < 4.78 is 0. The molecule has 132 valence electrons. The fraction of sp³-hybridized carbons (Fsp3) is 0.300. The summed E-state index contributed by atoms with van der Waals surface area (Å²) in [5, 5.41) is 8.42. The fourth-order valence-corrected chi connectivity index (χ4v) is 2.62. The van der Waals surface area contributed by atoms with Crippen LogP contribution >= 0.6 is 0 Å². The summed E-state index contributed by atoms with van der Waals surface area (Å²) in [6.45, 7) is 0.639. The molecule has 0 aliphatic rings. The normalized spacial score (nSPS) is 10.3. The smallest absolute Gasteiger partial charge is 0.253 e. The van der Waals surface area contributed by atoms with Crippen LogP contribution in [0.1, 0.15) is 36.0 Å². The van der Waals surface area contributed by atoms with Crippen LogP contribution in [-0.2, 0) is 4.79 Å². The molecule has 25 heavy (non-hydrogen) atoms. The highest BCUT2D eigenvalue weighted by Gasteiger charge is 2.11. The van der Waals surface area contributed by atoms with Crippen LogP contribution in [0, 0.1) is 0 Å². The fourth-order valence-electron chi connectivity index (χ4n) is 2.62. The zero-order valence-electron chi connectivity index (χ0n) is 14.4. The summed E-state index contributed by atoms with van der Waals surface area (Å²) in [7, 11) is 1.79. The summed E-state index contributed by atoms with van der Waals surface area (Å²) in [5.41, 5.74) is 4.50. The van der Waals surface area contributed by atoms with Gasteiger partial charge in [0, 0.05) is 25.6 Å². The third-order valence-electron chi connectivity index (χ3n) is 4.11. The third kappa shape index (κ3) is 5.72. The van der Waals surface area contributed by atoms with Gasteiger partial charge in [-0.25, -0.2) is 5.48 Å². The lowest BCUT2D eigenvalue weighted by molar-refractivity contribution is -0.129. The van der Waals surface area contributed by atoms with Gasteiger partial charge in [-0.15, -0.1) is 0 Å². The van der Waals surface area contributed by atoms with Crippen molar-refractivity contribution in [1.82, 2.24) is 10.4 Å². The van der Waals surface area contributed by atoms with Crippen molar-refractivity contribution in [3.05, 3.63) is 60.2 Å². The van der Waals surface area contributed by atoms with E-state index in [1.165, 1.54) is 0 Å². The zero-order valence-corrected chi connectivity index (χ0v) is 14.4. The minimum Gasteiger partial charge on any atom is -0.342 e. The Hall–Kier alpha value is -2.66. The van der Waals surface area contributed by atoms with E-state index in [0.717, 1.165) is 24.0 Å². The lowest BCUT2D eigenvalue weighted by Crippen LogP contribution is -2.27. The molecule has 0 atom stereocenters. The number of nitrogens with one attached hydrogen (secondary N) is 1. The van der Waals surface area contributed by atoms with Crippen LogP contribution in [0.25, 0.3) is 11.1 Å². The van der Waals surface area contributed by atoms with Crippen LogP contribution in [0.5, 0.6) is 0 Å². The Balaban J connectivity index is 1.82. The van der Waals surface area contributed by atoms with Gasteiger partial charge in [-0.3, -0.25) is 14.8 Å². The summed E-state index contributed by atoms with van der Waals surface area (Å²) in [6, 6.07) is 17.7. The molecule has 0 saturated heterocycles. The average molecular weight is 340 g/mol. The molecular formula is C20H24N2O3. The molecular weight excluding hydrogens is 316 g/mol. The van der Waals surface area contributed by atoms with Crippen LogP contribution in [0.4, 0.5) is 0 Å². The molecule has 0 bridgehead atoms. The molecule has 0 saturated carbocycles. The van der Waals surface area contributed by atoms with Crippen LogP contribution in [0.2, 0.25) is 0 Å². The number of hydroxylamine groups is 1. The molecule has 0 aliphatic carbocycles. The number of unbranched alkanes of at least 4 members (excludes halogenated alkanes) is 2. The van der Waals surface area contributed by atoms with Gasteiger partial charge in [-0.1, -0.05) is 48.9 Å². The van der Waals surface area contributed by atoms with E-state index < -0.39 is 0 Å². The predicted molar refractivity (Wildman–Crippen MR) is 97.2 cm³/mol. The lowest BCUT2D eigenvalue weighted by atomic mass is 10.0. The Morgan fingerprint density at radius 2 is 1.56 bits per heavy atom. The maximum Gasteiger partial charge on any atom is 0.253 e. The number of carbonyl (C=O) groups is 2. The Morgan fingerprint density at radius 3 is 2.20 bits per heavy atom. The number of hydrogen-bond acceptors (Lipinski definition) is 3. The number of nitrogens with zero attached hydrogens (tertiary/aromatic N) is 1. The summed E-state index contributed by atoms with van der Waals surface area (Å²) in [6.07, 6.45) is 2.65. The maximum absolute atomic E-state index is 12.4. The lowest BCUT2D eigenvalue weighted by Gasteiger charge is -2.17. The Kier molecular flexibility index (Phi) is 7.16. The van der Waals surface area contributed by atoms with Crippen molar-refractivity contribution in [2.75, 3.05) is 13.6 Å². The monoisotopic (exact) mass is 340 g/mol. The maximum atomic E-state index is 12.4. The Labute approximate surface area is 148 Å². The van der Waals surface area contributed by atoms with Gasteiger partial charge in [0.2, 0.25) is 5.91 Å². The van der Waals surface area contributed by atoms with Gasteiger partial charge < -0.3 is 4.90 Å². The number of carbonyl (C=O) groups excluding carboxylic acids is 2. The first-order valence-corrected chi connectivity index (χ1v) is 8.45. The van der Waals surface area contributed by atoms with E-state index in [0.29, 0.717) is 24.9 Å². The molecule has 2 rings (SSSR count). The molecule has 5 nitrogen and oxygen atoms in total. The van der Waals surface area contributed by atoms with Crippen molar-refractivity contribution in [2.45, 2.75) is 25.7 Å². The largest absolute Gasteiger partial charge is 0.342 e. The first-order chi connectivity index (χ1) is 12.1. The van der Waals surface area contributed by atoms with E-state index in [1.807, 2.05) is 54.6 Å². The predicted octanol–water partition coefficient (Wildman–Crippen LogP) is 3.49. The van der Waals surface area contributed by atoms with Crippen molar-refractivity contribution in [3.63, 3.8) is 0 Å². The molecule has 0 aliphatic heterocycles. The highest BCUT2D eigenvalue weighted by atomic mass is 16.5. The van der Waals surface area contributed by atoms with Crippen LogP contribution in [0.15, 0.2) is 54.6 Å². The zero-order chi connectivity index (χ0) is 18.1. The highest BCUT2D eigenvalue weighted by molar-refractivity contribution is 5.94. The third-order valence-corrected chi connectivity index (χ3v) is 4.11. The van der Waals surface area contributed by atoms with Gasteiger partial charge >= 0.3 is 0 Å². The topological polar surface area (TPSA) is 69.6 Å². The number of benzene rings is 2. The second-order valence-electron chi connectivity index (χ2n) is 6.02. The quantitative estimate of drug-likeness (QED) is 0.439. The number of amides is 2. The number of hydrogen-bond donors (Lipinski definition) is 2. The van der Waals surface area contributed by atoms with Crippen LogP contribution in [0.3, 0.4) is 0 Å². The van der Waals surface area contributed by atoms with E-state index in [9.17, 15) is 9.59 Å². The van der Waals surface area contributed by atoms with Crippen molar-refractivity contribution >= 4 is 11.8 Å². The molecule has 2 N–H and O–H groups in total. The van der Waals surface area contributed by atoms with Gasteiger partial charge in [-0.2, -0.15) is 0 Å². The minimum atomic E-state index is -0.372. The van der Waals surface area contributed by atoms with Crippen molar-refractivity contribution in [2.24, 2.45) is 0 Å². The average Bonchev–Trinajstić information content (AvgIpc) is 2.67. The molecule has 0 heterocycles. The van der Waals surface area contributed by atoms with Crippen LogP contribution in [-0.4, -0.2) is 35.5 Å². The summed E-state index contributed by atoms with van der Waals surface area (Å²) in [5.74, 6) is -0.379. The molecule has 5 heteroatoms. The van der Waals surface area contributed by atoms with Gasteiger partial charge in [0.15, 0.2) is 0 Å². The highest BCUT2D eigenvalue weighted by Crippen LogP contribution is 2.19. The van der Waals surface area contributed by atoms with Gasteiger partial charge in [0.1, 0.15) is 0 Å². The Bertz CT molecular complexity index is 684. The minimum absolute atomic E-state index is 0.00675. The van der Waals surface area contributed by atoms with Crippen LogP contribution < -0.4 is 5.48 Å². The number of rotatable bonds is 8. The van der Waals surface area contributed by atoms with E-state index in [2.05, 4.69) is 0 Å². The molecule has 0 spiro atoms. The molecule has 0 radical (unpaired) electrons. The van der Waals surface area contributed by atoms with Gasteiger partial charge in [-0.05, 0) is 36.1 Å². The van der Waals surface area contributed by atoms with Crippen molar-refractivity contribution < 1.29 is 14.8 Å². The van der Waals surface area contributed by atoms with E-state index >= 15 is 0 Å². The molecule has 2 amide bonds. The van der Waals surface area contributed by atoms with E-state index in [4.69, 9.17) is 5.21 Å². The van der Waals surface area contributed by atoms with E-state index in [1.54, 1.807) is 17.4 Å². The molecule has 2 aromatic carbocycles. The Morgan fingerprint density at radius 1 is 0.920 bits per heavy atom. The SMILES string of the molecule is CN(CCCCCC(=O)NO)C(=O)c1ccc(-c2ccccc2)cc1. The standard InChI is InChI=1S/C20H24N2O3/c1-22(15-7-3-6-10-19(23)21-25)20(24)18-13-11-17(12-14-18)16-8-4-2-5-9-16/h2,4-5,8-9,11-14,25H,3,6-7,10,15H2,1H3,(H,21,23). The molecule has 0 fully saturated rings. The summed E-state index contributed by atoms with van der Waals surface area (Å²) >= 11 is 0. The van der Waals surface area contributed by atoms with Crippen molar-refractivity contribution in [3.8, 4) is 11.1 Å². The molecule has 0 aromatic heterocycles. The molecule has 0 unspecified atom stereocenters. The summed E-state index contributed by atoms with van der Waals surface area (Å²) in [4.78, 5) is 25.0. The molecule has 2 aromatic rings. The van der Waals surface area contributed by atoms with E-state index in [-0.39, 0.29) is 11.8 Å². The second kappa shape index (κ2) is 9.59. The first kappa shape index (κ1) is 18.7. The first-order valence-electron chi connectivity index (χ1n) is 8.45. The van der Waals surface area contributed by atoms with Gasteiger partial charge in [0.05, 0.1) is 0 Å². The van der Waals surface area contributed by atoms with Gasteiger partial charge in [0.25, 0.3) is 5.91 Å².